The predicted octanol–water partition coefficient (Wildman–Crippen LogP) is 2.09. The topological polar surface area (TPSA) is 75.4 Å². The third-order valence-corrected chi connectivity index (χ3v) is 3.18. The van der Waals surface area contributed by atoms with E-state index in [4.69, 9.17) is 5.73 Å². The number of phenolic OH excluding ortho intramolecular Hbond substituents is 1. The minimum Gasteiger partial charge on any atom is -0.507 e. The highest BCUT2D eigenvalue weighted by atomic mass is 16.3. The van der Waals surface area contributed by atoms with Gasteiger partial charge >= 0.3 is 0 Å². The van der Waals surface area contributed by atoms with Crippen molar-refractivity contribution in [3.63, 3.8) is 0 Å². The van der Waals surface area contributed by atoms with E-state index in [1.165, 1.54) is 0 Å². The highest BCUT2D eigenvalue weighted by Crippen LogP contribution is 2.18. The average Bonchev–Trinajstić information content (AvgIpc) is 2.45. The second-order valence-corrected chi connectivity index (χ2v) is 4.68. The fourth-order valence-corrected chi connectivity index (χ4v) is 2.03. The second-order valence-electron chi connectivity index (χ2n) is 4.68. The zero-order valence-corrected chi connectivity index (χ0v) is 11.4. The summed E-state index contributed by atoms with van der Waals surface area (Å²) in [5.74, 6) is -0.302. The SMILES string of the molecule is Cc1ccc(C(=O)NCc2ccccc2CN)c(O)c1. The molecule has 20 heavy (non-hydrogen) atoms. The fraction of sp³-hybridized carbons (Fsp3) is 0.188. The smallest absolute Gasteiger partial charge is 0.255 e. The first-order valence-electron chi connectivity index (χ1n) is 6.46. The number of carbonyl (C=O) groups excluding carboxylic acids is 1. The normalized spacial score (nSPS) is 10.3. The van der Waals surface area contributed by atoms with E-state index in [2.05, 4.69) is 5.32 Å². The van der Waals surface area contributed by atoms with Crippen LogP contribution in [0.15, 0.2) is 42.5 Å². The molecule has 0 saturated carbocycles. The number of hydrogen-bond acceptors (Lipinski definition) is 3. The lowest BCUT2D eigenvalue weighted by Crippen LogP contribution is -2.23. The van der Waals surface area contributed by atoms with Crippen molar-refractivity contribution in [1.82, 2.24) is 5.32 Å². The molecule has 0 radical (unpaired) electrons. The van der Waals surface area contributed by atoms with E-state index >= 15 is 0 Å². The Hall–Kier alpha value is -2.33. The van der Waals surface area contributed by atoms with Crippen molar-refractivity contribution in [2.24, 2.45) is 5.73 Å². The summed E-state index contributed by atoms with van der Waals surface area (Å²) in [7, 11) is 0. The van der Waals surface area contributed by atoms with Gasteiger partial charge < -0.3 is 16.2 Å². The van der Waals surface area contributed by atoms with Crippen LogP contribution in [0, 0.1) is 6.92 Å². The third-order valence-electron chi connectivity index (χ3n) is 3.18. The number of benzene rings is 2. The first-order valence-corrected chi connectivity index (χ1v) is 6.46. The maximum Gasteiger partial charge on any atom is 0.255 e. The molecule has 4 heteroatoms. The Balaban J connectivity index is 2.09. The molecule has 4 N–H and O–H groups in total. The van der Waals surface area contributed by atoms with Gasteiger partial charge in [0.1, 0.15) is 5.75 Å². The number of aryl methyl sites for hydroxylation is 1. The van der Waals surface area contributed by atoms with Gasteiger partial charge in [0.2, 0.25) is 0 Å². The summed E-state index contributed by atoms with van der Waals surface area (Å²) in [5.41, 5.74) is 8.83. The van der Waals surface area contributed by atoms with Crippen LogP contribution in [0.1, 0.15) is 27.0 Å². The summed E-state index contributed by atoms with van der Waals surface area (Å²) in [6.45, 7) is 2.68. The van der Waals surface area contributed by atoms with Gasteiger partial charge in [0, 0.05) is 13.1 Å². The lowest BCUT2D eigenvalue weighted by molar-refractivity contribution is 0.0948. The number of phenols is 1. The molecule has 0 atom stereocenters. The standard InChI is InChI=1S/C16H18N2O2/c1-11-6-7-14(15(19)8-11)16(20)18-10-13-5-3-2-4-12(13)9-17/h2-8,19H,9-10,17H2,1H3,(H,18,20). The monoisotopic (exact) mass is 270 g/mol. The lowest BCUT2D eigenvalue weighted by Gasteiger charge is -2.10. The molecule has 0 aromatic heterocycles. The molecule has 2 aromatic rings. The number of amides is 1. The van der Waals surface area contributed by atoms with Crippen LogP contribution in [0.5, 0.6) is 5.75 Å². The van der Waals surface area contributed by atoms with E-state index < -0.39 is 0 Å². The molecule has 104 valence electrons. The number of nitrogens with one attached hydrogen (secondary N) is 1. The number of aromatic hydroxyl groups is 1. The number of nitrogens with two attached hydrogens (primary N) is 1. The van der Waals surface area contributed by atoms with Crippen LogP contribution in [-0.2, 0) is 13.1 Å². The molecule has 0 aliphatic heterocycles. The molecule has 1 amide bonds. The van der Waals surface area contributed by atoms with E-state index in [0.29, 0.717) is 13.1 Å². The Kier molecular flexibility index (Phi) is 4.38. The van der Waals surface area contributed by atoms with Gasteiger partial charge in [-0.3, -0.25) is 4.79 Å². The van der Waals surface area contributed by atoms with Gasteiger partial charge in [-0.1, -0.05) is 30.3 Å². The molecular weight excluding hydrogens is 252 g/mol. The molecule has 0 aliphatic rings. The van der Waals surface area contributed by atoms with Gasteiger partial charge in [0.15, 0.2) is 0 Å². The molecule has 4 nitrogen and oxygen atoms in total. The predicted molar refractivity (Wildman–Crippen MR) is 78.3 cm³/mol. The van der Waals surface area contributed by atoms with Crippen LogP contribution >= 0.6 is 0 Å². The van der Waals surface area contributed by atoms with Gasteiger partial charge in [-0.05, 0) is 35.7 Å². The molecule has 0 bridgehead atoms. The lowest BCUT2D eigenvalue weighted by atomic mass is 10.1. The van der Waals surface area contributed by atoms with E-state index in [1.54, 1.807) is 18.2 Å². The van der Waals surface area contributed by atoms with Crippen molar-refractivity contribution in [2.75, 3.05) is 0 Å². The van der Waals surface area contributed by atoms with Crippen LogP contribution in [0.2, 0.25) is 0 Å². The minimum absolute atomic E-state index is 0.00499. The van der Waals surface area contributed by atoms with Crippen LogP contribution in [0.3, 0.4) is 0 Å². The Labute approximate surface area is 118 Å². The fourth-order valence-electron chi connectivity index (χ4n) is 2.03. The third kappa shape index (κ3) is 3.16. The summed E-state index contributed by atoms with van der Waals surface area (Å²) in [4.78, 5) is 12.0. The van der Waals surface area contributed by atoms with E-state index in [-0.39, 0.29) is 17.2 Å². The van der Waals surface area contributed by atoms with Gasteiger partial charge in [-0.15, -0.1) is 0 Å². The van der Waals surface area contributed by atoms with Crippen molar-refractivity contribution in [3.05, 3.63) is 64.7 Å². The largest absolute Gasteiger partial charge is 0.507 e. The van der Waals surface area contributed by atoms with Crippen molar-refractivity contribution >= 4 is 5.91 Å². The molecule has 0 heterocycles. The summed E-state index contributed by atoms with van der Waals surface area (Å²) in [5, 5.41) is 12.6. The first-order chi connectivity index (χ1) is 9.61. The zero-order valence-electron chi connectivity index (χ0n) is 11.4. The van der Waals surface area contributed by atoms with Crippen molar-refractivity contribution in [1.29, 1.82) is 0 Å². The Morgan fingerprint density at radius 2 is 1.90 bits per heavy atom. The molecule has 0 spiro atoms. The molecular formula is C16H18N2O2. The van der Waals surface area contributed by atoms with Crippen molar-refractivity contribution in [2.45, 2.75) is 20.0 Å². The van der Waals surface area contributed by atoms with Gasteiger partial charge in [0.25, 0.3) is 5.91 Å². The first kappa shape index (κ1) is 14.1. The highest BCUT2D eigenvalue weighted by Gasteiger charge is 2.11. The Morgan fingerprint density at radius 3 is 2.55 bits per heavy atom. The molecule has 0 aliphatic carbocycles. The second kappa shape index (κ2) is 6.21. The summed E-state index contributed by atoms with van der Waals surface area (Å²) in [6.07, 6.45) is 0. The maximum atomic E-state index is 12.0. The van der Waals surface area contributed by atoms with E-state index in [9.17, 15) is 9.90 Å². The van der Waals surface area contributed by atoms with E-state index in [1.807, 2.05) is 31.2 Å². The molecule has 0 fully saturated rings. The Morgan fingerprint density at radius 1 is 1.20 bits per heavy atom. The highest BCUT2D eigenvalue weighted by molar-refractivity contribution is 5.96. The summed E-state index contributed by atoms with van der Waals surface area (Å²) in [6, 6.07) is 12.7. The number of rotatable bonds is 4. The molecule has 0 unspecified atom stereocenters. The summed E-state index contributed by atoms with van der Waals surface area (Å²) < 4.78 is 0. The van der Waals surface area contributed by atoms with Gasteiger partial charge in [-0.25, -0.2) is 0 Å². The van der Waals surface area contributed by atoms with Crippen molar-refractivity contribution in [3.8, 4) is 5.75 Å². The zero-order chi connectivity index (χ0) is 14.5. The summed E-state index contributed by atoms with van der Waals surface area (Å²) >= 11 is 0. The van der Waals surface area contributed by atoms with E-state index in [0.717, 1.165) is 16.7 Å². The number of carbonyl (C=O) groups is 1. The quantitative estimate of drug-likeness (QED) is 0.796. The average molecular weight is 270 g/mol. The maximum absolute atomic E-state index is 12.0. The van der Waals surface area contributed by atoms with Crippen LogP contribution < -0.4 is 11.1 Å². The Bertz CT molecular complexity index is 624. The van der Waals surface area contributed by atoms with Crippen LogP contribution in [0.25, 0.3) is 0 Å². The molecule has 2 aromatic carbocycles. The van der Waals surface area contributed by atoms with Crippen LogP contribution in [0.4, 0.5) is 0 Å². The molecule has 0 saturated heterocycles. The van der Waals surface area contributed by atoms with Crippen molar-refractivity contribution < 1.29 is 9.90 Å². The minimum atomic E-state index is -0.297. The van der Waals surface area contributed by atoms with Gasteiger partial charge in [-0.2, -0.15) is 0 Å². The van der Waals surface area contributed by atoms with Gasteiger partial charge in [0.05, 0.1) is 5.56 Å². The van der Waals surface area contributed by atoms with Crippen LogP contribution in [-0.4, -0.2) is 11.0 Å². The number of hydrogen-bond donors (Lipinski definition) is 3. The molecule has 2 rings (SSSR count).